The number of hydrogen-bond acceptors (Lipinski definition) is 5. The maximum Gasteiger partial charge on any atom is 0.336 e. The molecule has 1 aliphatic heterocycles. The highest BCUT2D eigenvalue weighted by Crippen LogP contribution is 2.08. The van der Waals surface area contributed by atoms with E-state index in [0.717, 1.165) is 0 Å². The average molecular weight is 231 g/mol. The topological polar surface area (TPSA) is 76.1 Å². The first kappa shape index (κ1) is 12.9. The van der Waals surface area contributed by atoms with Crippen LogP contribution in [0.3, 0.4) is 0 Å². The van der Waals surface area contributed by atoms with Gasteiger partial charge >= 0.3 is 5.97 Å². The maximum absolute atomic E-state index is 11.6. The highest BCUT2D eigenvalue weighted by molar-refractivity contribution is 5.79. The van der Waals surface area contributed by atoms with Gasteiger partial charge in [0.25, 0.3) is 0 Å². The number of rotatable bonds is 4. The van der Waals surface area contributed by atoms with Gasteiger partial charge in [-0.3, -0.25) is 4.79 Å². The molecule has 0 radical (unpaired) electrons. The van der Waals surface area contributed by atoms with Gasteiger partial charge in [0.1, 0.15) is 0 Å². The molecule has 0 aromatic rings. The van der Waals surface area contributed by atoms with Crippen LogP contribution in [-0.4, -0.2) is 61.4 Å². The van der Waals surface area contributed by atoms with Crippen LogP contribution >= 0.6 is 0 Å². The molecule has 1 fully saturated rings. The van der Waals surface area contributed by atoms with Crippen LogP contribution in [0.15, 0.2) is 0 Å². The molecule has 1 aliphatic rings. The second kappa shape index (κ2) is 6.44. The van der Waals surface area contributed by atoms with E-state index < -0.39 is 12.1 Å². The molecule has 0 aromatic carbocycles. The normalized spacial score (nSPS) is 20.6. The summed E-state index contributed by atoms with van der Waals surface area (Å²) in [7, 11) is 1.29. The number of methoxy groups -OCH3 is 1. The summed E-state index contributed by atoms with van der Waals surface area (Å²) < 4.78 is 9.75. The minimum Gasteiger partial charge on any atom is -0.467 e. The van der Waals surface area contributed by atoms with Crippen molar-refractivity contribution in [3.8, 4) is 0 Å². The molecule has 6 heteroatoms. The Hall–Kier alpha value is -1.14. The van der Waals surface area contributed by atoms with Crippen LogP contribution in [-0.2, 0) is 19.1 Å². The Morgan fingerprint density at radius 1 is 1.56 bits per heavy atom. The number of aliphatic hydroxyl groups excluding tert-OH is 1. The number of ether oxygens (including phenoxy) is 2. The van der Waals surface area contributed by atoms with E-state index in [9.17, 15) is 9.59 Å². The van der Waals surface area contributed by atoms with Crippen molar-refractivity contribution in [2.75, 3.05) is 33.4 Å². The molecule has 1 amide bonds. The summed E-state index contributed by atoms with van der Waals surface area (Å²) >= 11 is 0. The lowest BCUT2D eigenvalue weighted by molar-refractivity contribution is -0.162. The summed E-state index contributed by atoms with van der Waals surface area (Å²) in [5.41, 5.74) is 0. The van der Waals surface area contributed by atoms with Gasteiger partial charge in [-0.1, -0.05) is 0 Å². The molecule has 6 nitrogen and oxygen atoms in total. The summed E-state index contributed by atoms with van der Waals surface area (Å²) in [6.07, 6.45) is 0.0561. The summed E-state index contributed by atoms with van der Waals surface area (Å²) in [4.78, 5) is 24.4. The van der Waals surface area contributed by atoms with E-state index in [4.69, 9.17) is 9.84 Å². The van der Waals surface area contributed by atoms with Crippen molar-refractivity contribution in [3.05, 3.63) is 0 Å². The Kier molecular flexibility index (Phi) is 5.21. The van der Waals surface area contributed by atoms with E-state index in [1.54, 1.807) is 4.90 Å². The van der Waals surface area contributed by atoms with E-state index in [1.807, 2.05) is 0 Å². The zero-order valence-corrected chi connectivity index (χ0v) is 9.35. The number of carbonyl (C=O) groups excluding carboxylic acids is 2. The van der Waals surface area contributed by atoms with Gasteiger partial charge < -0.3 is 19.5 Å². The van der Waals surface area contributed by atoms with Crippen LogP contribution in [0.1, 0.15) is 12.8 Å². The monoisotopic (exact) mass is 231 g/mol. The molecule has 1 unspecified atom stereocenters. The number of hydrogen-bond donors (Lipinski definition) is 1. The van der Waals surface area contributed by atoms with Gasteiger partial charge in [-0.05, 0) is 6.42 Å². The van der Waals surface area contributed by atoms with Gasteiger partial charge in [0.15, 0.2) is 6.10 Å². The Morgan fingerprint density at radius 3 is 2.94 bits per heavy atom. The zero-order valence-electron chi connectivity index (χ0n) is 9.35. The van der Waals surface area contributed by atoms with Gasteiger partial charge in [-0.25, -0.2) is 4.79 Å². The molecule has 1 saturated heterocycles. The molecule has 16 heavy (non-hydrogen) atoms. The first-order valence-electron chi connectivity index (χ1n) is 5.27. The highest BCUT2D eigenvalue weighted by Gasteiger charge is 2.29. The Morgan fingerprint density at radius 2 is 2.31 bits per heavy atom. The summed E-state index contributed by atoms with van der Waals surface area (Å²) in [6, 6.07) is 0. The molecular weight excluding hydrogens is 214 g/mol. The van der Waals surface area contributed by atoms with E-state index in [-0.39, 0.29) is 19.1 Å². The van der Waals surface area contributed by atoms with Crippen LogP contribution in [0.25, 0.3) is 0 Å². The number of esters is 1. The largest absolute Gasteiger partial charge is 0.467 e. The molecule has 0 aliphatic carbocycles. The fourth-order valence-electron chi connectivity index (χ4n) is 1.54. The fourth-order valence-corrected chi connectivity index (χ4v) is 1.54. The molecule has 1 atom stereocenters. The first-order valence-corrected chi connectivity index (χ1v) is 5.27. The molecular formula is C10H17NO5. The lowest BCUT2D eigenvalue weighted by Crippen LogP contribution is -2.48. The van der Waals surface area contributed by atoms with Crippen LogP contribution in [0.2, 0.25) is 0 Å². The second-order valence-corrected chi connectivity index (χ2v) is 3.55. The lowest BCUT2D eigenvalue weighted by Gasteiger charge is -2.31. The summed E-state index contributed by atoms with van der Waals surface area (Å²) in [5, 5.41) is 8.62. The number of amides is 1. The van der Waals surface area contributed by atoms with Crippen molar-refractivity contribution in [2.24, 2.45) is 0 Å². The minimum atomic E-state index is -0.683. The lowest BCUT2D eigenvalue weighted by atomic mass is 10.2. The number of nitrogens with zero attached hydrogens (tertiary/aromatic N) is 1. The van der Waals surface area contributed by atoms with Crippen molar-refractivity contribution in [1.82, 2.24) is 4.90 Å². The van der Waals surface area contributed by atoms with E-state index in [2.05, 4.69) is 4.74 Å². The van der Waals surface area contributed by atoms with E-state index >= 15 is 0 Å². The van der Waals surface area contributed by atoms with Gasteiger partial charge in [-0.15, -0.1) is 0 Å². The quantitative estimate of drug-likeness (QED) is 0.638. The van der Waals surface area contributed by atoms with Crippen LogP contribution in [0, 0.1) is 0 Å². The van der Waals surface area contributed by atoms with E-state index in [0.29, 0.717) is 26.0 Å². The predicted molar refractivity (Wildman–Crippen MR) is 54.7 cm³/mol. The van der Waals surface area contributed by atoms with Crippen LogP contribution in [0.5, 0.6) is 0 Å². The fraction of sp³-hybridized carbons (Fsp3) is 0.800. The summed E-state index contributed by atoms with van der Waals surface area (Å²) in [5.74, 6) is -0.522. The standard InChI is InChI=1S/C10H17NO5/c1-15-10(14)8-7-11(4-6-16-8)9(13)3-2-5-12/h8,12H,2-7H2,1H3. The molecule has 0 aromatic heterocycles. The number of carbonyl (C=O) groups is 2. The smallest absolute Gasteiger partial charge is 0.336 e. The Labute approximate surface area is 94.1 Å². The maximum atomic E-state index is 11.6. The van der Waals surface area contributed by atoms with Crippen molar-refractivity contribution >= 4 is 11.9 Å². The molecule has 0 bridgehead atoms. The molecule has 0 spiro atoms. The van der Waals surface area contributed by atoms with Crippen molar-refractivity contribution in [3.63, 3.8) is 0 Å². The Balaban J connectivity index is 2.43. The second-order valence-electron chi connectivity index (χ2n) is 3.55. The van der Waals surface area contributed by atoms with Crippen LogP contribution < -0.4 is 0 Å². The first-order chi connectivity index (χ1) is 7.69. The number of morpholine rings is 1. The number of aliphatic hydroxyl groups is 1. The average Bonchev–Trinajstić information content (AvgIpc) is 2.35. The predicted octanol–water partition coefficient (Wildman–Crippen LogP) is -0.841. The molecule has 0 saturated carbocycles. The third-order valence-electron chi connectivity index (χ3n) is 2.43. The van der Waals surface area contributed by atoms with Gasteiger partial charge in [-0.2, -0.15) is 0 Å². The molecule has 1 N–H and O–H groups in total. The Bertz CT molecular complexity index is 256. The summed E-state index contributed by atoms with van der Waals surface area (Å²) in [6.45, 7) is 1.05. The van der Waals surface area contributed by atoms with Gasteiger partial charge in [0.05, 0.1) is 20.3 Å². The van der Waals surface area contributed by atoms with E-state index in [1.165, 1.54) is 7.11 Å². The minimum absolute atomic E-state index is 0.00346. The molecule has 1 heterocycles. The SMILES string of the molecule is COC(=O)C1CN(C(=O)CCCO)CCO1. The van der Waals surface area contributed by atoms with Crippen molar-refractivity contribution in [2.45, 2.75) is 18.9 Å². The van der Waals surface area contributed by atoms with Gasteiger partial charge in [0, 0.05) is 19.6 Å². The third kappa shape index (κ3) is 3.46. The van der Waals surface area contributed by atoms with Crippen molar-refractivity contribution < 1.29 is 24.2 Å². The zero-order chi connectivity index (χ0) is 12.0. The van der Waals surface area contributed by atoms with Crippen molar-refractivity contribution in [1.29, 1.82) is 0 Å². The van der Waals surface area contributed by atoms with Gasteiger partial charge in [0.2, 0.25) is 5.91 Å². The molecule has 1 rings (SSSR count). The third-order valence-corrected chi connectivity index (χ3v) is 2.43. The highest BCUT2D eigenvalue weighted by atomic mass is 16.6. The molecule has 92 valence electrons. The van der Waals surface area contributed by atoms with Crippen LogP contribution in [0.4, 0.5) is 0 Å².